The highest BCUT2D eigenvalue weighted by Crippen LogP contribution is 2.33. The molecule has 0 N–H and O–H groups in total. The lowest BCUT2D eigenvalue weighted by Crippen LogP contribution is -2.46. The van der Waals surface area contributed by atoms with Gasteiger partial charge in [-0.1, -0.05) is 43.4 Å². The molecule has 0 spiro atoms. The first kappa shape index (κ1) is 16.7. The molecule has 1 aliphatic heterocycles. The summed E-state index contributed by atoms with van der Waals surface area (Å²) in [5.41, 5.74) is 0.900. The van der Waals surface area contributed by atoms with Crippen LogP contribution in [0.3, 0.4) is 0 Å². The van der Waals surface area contributed by atoms with E-state index in [1.165, 1.54) is 56.3 Å². The number of thiazole rings is 1. The van der Waals surface area contributed by atoms with E-state index in [2.05, 4.69) is 4.90 Å². The number of hydrogen-bond donors (Lipinski definition) is 0. The van der Waals surface area contributed by atoms with Crippen LogP contribution in [-0.2, 0) is 11.3 Å². The molecule has 0 bridgehead atoms. The summed E-state index contributed by atoms with van der Waals surface area (Å²) in [6.45, 7) is 3.00. The highest BCUT2D eigenvalue weighted by atomic mass is 32.1. The van der Waals surface area contributed by atoms with E-state index in [1.807, 2.05) is 12.3 Å². The monoisotopic (exact) mass is 336 g/mol. The van der Waals surface area contributed by atoms with Gasteiger partial charge in [-0.25, -0.2) is 0 Å². The Kier molecular flexibility index (Phi) is 5.57. The fourth-order valence-corrected chi connectivity index (χ4v) is 5.01. The van der Waals surface area contributed by atoms with E-state index in [0.29, 0.717) is 12.0 Å². The second-order valence-corrected chi connectivity index (χ2v) is 7.95. The van der Waals surface area contributed by atoms with E-state index in [9.17, 15) is 9.59 Å². The number of aromatic nitrogens is 1. The summed E-state index contributed by atoms with van der Waals surface area (Å²) in [6, 6.07) is 0.403. The van der Waals surface area contributed by atoms with E-state index in [-0.39, 0.29) is 17.3 Å². The fraction of sp³-hybridized carbons (Fsp3) is 0.778. The molecule has 1 aromatic rings. The Balaban J connectivity index is 1.75. The van der Waals surface area contributed by atoms with Gasteiger partial charge in [0.1, 0.15) is 6.54 Å². The third kappa shape index (κ3) is 3.87. The third-order valence-electron chi connectivity index (χ3n) is 5.58. The van der Waals surface area contributed by atoms with Crippen molar-refractivity contribution in [3.05, 3.63) is 20.7 Å². The minimum absolute atomic E-state index is 0.0140. The number of aryl methyl sites for hydroxylation is 1. The highest BCUT2D eigenvalue weighted by Gasteiger charge is 2.32. The molecule has 1 atom stereocenters. The molecule has 1 saturated heterocycles. The molecule has 2 heterocycles. The van der Waals surface area contributed by atoms with Gasteiger partial charge in [-0.15, -0.1) is 0 Å². The topological polar surface area (TPSA) is 42.3 Å². The molecule has 128 valence electrons. The van der Waals surface area contributed by atoms with Crippen LogP contribution in [0.25, 0.3) is 0 Å². The molecule has 1 amide bonds. The normalized spacial score (nSPS) is 23.7. The quantitative estimate of drug-likeness (QED) is 0.847. The minimum atomic E-state index is -0.0140. The molecule has 1 saturated carbocycles. The molecule has 1 aliphatic carbocycles. The number of carbonyl (C=O) groups is 1. The summed E-state index contributed by atoms with van der Waals surface area (Å²) in [5.74, 6) is 0.817. The maximum Gasteiger partial charge on any atom is 0.307 e. The fourth-order valence-electron chi connectivity index (χ4n) is 4.28. The molecule has 0 radical (unpaired) electrons. The van der Waals surface area contributed by atoms with Gasteiger partial charge in [0.15, 0.2) is 0 Å². The first-order valence-electron chi connectivity index (χ1n) is 9.11. The van der Waals surface area contributed by atoms with Crippen LogP contribution >= 0.6 is 11.3 Å². The van der Waals surface area contributed by atoms with Gasteiger partial charge >= 0.3 is 4.87 Å². The molecule has 5 heteroatoms. The van der Waals surface area contributed by atoms with E-state index in [0.717, 1.165) is 25.1 Å². The van der Waals surface area contributed by atoms with Crippen molar-refractivity contribution in [3.63, 3.8) is 0 Å². The van der Waals surface area contributed by atoms with Gasteiger partial charge in [-0.05, 0) is 38.5 Å². The average molecular weight is 337 g/mol. The zero-order valence-corrected chi connectivity index (χ0v) is 14.9. The van der Waals surface area contributed by atoms with Crippen LogP contribution in [0.1, 0.15) is 63.5 Å². The van der Waals surface area contributed by atoms with Crippen molar-refractivity contribution in [1.29, 1.82) is 0 Å². The number of carbonyl (C=O) groups excluding carboxylic acids is 1. The molecule has 0 aromatic carbocycles. The Morgan fingerprint density at radius 3 is 2.52 bits per heavy atom. The maximum atomic E-state index is 12.9. The standard InChI is InChI=1S/C18H28N2O2S/c1-14-13-23-18(22)20(14)12-17(21)19-11-7-3-6-10-16(19)15-8-4-2-5-9-15/h13,15-16H,2-12H2,1H3/t16-/m1/s1. The van der Waals surface area contributed by atoms with Gasteiger partial charge in [-0.3, -0.25) is 14.2 Å². The van der Waals surface area contributed by atoms with Crippen molar-refractivity contribution >= 4 is 17.2 Å². The number of nitrogens with zero attached hydrogens (tertiary/aromatic N) is 2. The van der Waals surface area contributed by atoms with Gasteiger partial charge in [-0.2, -0.15) is 0 Å². The molecular formula is C18H28N2O2S. The summed E-state index contributed by atoms with van der Waals surface area (Å²) < 4.78 is 1.63. The molecule has 2 aliphatic rings. The van der Waals surface area contributed by atoms with Gasteiger partial charge in [0.05, 0.1) is 0 Å². The molecule has 2 fully saturated rings. The Bertz CT molecular complexity index is 586. The van der Waals surface area contributed by atoms with Crippen molar-refractivity contribution < 1.29 is 4.79 Å². The van der Waals surface area contributed by atoms with Crippen LogP contribution in [0.5, 0.6) is 0 Å². The molecular weight excluding hydrogens is 308 g/mol. The van der Waals surface area contributed by atoms with Crippen molar-refractivity contribution in [2.24, 2.45) is 5.92 Å². The lowest BCUT2D eigenvalue weighted by molar-refractivity contribution is -0.135. The maximum absolute atomic E-state index is 12.9. The van der Waals surface area contributed by atoms with Crippen molar-refractivity contribution in [2.75, 3.05) is 6.54 Å². The van der Waals surface area contributed by atoms with Gasteiger partial charge in [0.25, 0.3) is 0 Å². The van der Waals surface area contributed by atoms with E-state index in [4.69, 9.17) is 0 Å². The first-order valence-corrected chi connectivity index (χ1v) is 9.99. The Hall–Kier alpha value is -1.10. The third-order valence-corrected chi connectivity index (χ3v) is 6.46. The van der Waals surface area contributed by atoms with Crippen LogP contribution in [0.2, 0.25) is 0 Å². The van der Waals surface area contributed by atoms with E-state index >= 15 is 0 Å². The molecule has 1 aromatic heterocycles. The van der Waals surface area contributed by atoms with Crippen LogP contribution in [0.4, 0.5) is 0 Å². The van der Waals surface area contributed by atoms with Gasteiger partial charge in [0, 0.05) is 23.7 Å². The van der Waals surface area contributed by atoms with Crippen molar-refractivity contribution in [1.82, 2.24) is 9.47 Å². The lowest BCUT2D eigenvalue weighted by atomic mass is 9.81. The van der Waals surface area contributed by atoms with Crippen LogP contribution in [-0.4, -0.2) is 28.0 Å². The molecule has 4 nitrogen and oxygen atoms in total. The zero-order valence-electron chi connectivity index (χ0n) is 14.1. The van der Waals surface area contributed by atoms with Gasteiger partial charge in [0.2, 0.25) is 5.91 Å². The lowest BCUT2D eigenvalue weighted by Gasteiger charge is -2.38. The Morgan fingerprint density at radius 1 is 1.13 bits per heavy atom. The van der Waals surface area contributed by atoms with Crippen molar-refractivity contribution in [2.45, 2.75) is 77.3 Å². The van der Waals surface area contributed by atoms with E-state index < -0.39 is 0 Å². The Labute approximate surface area is 142 Å². The molecule has 3 rings (SSSR count). The predicted molar refractivity (Wildman–Crippen MR) is 93.9 cm³/mol. The molecule has 23 heavy (non-hydrogen) atoms. The van der Waals surface area contributed by atoms with Crippen LogP contribution in [0.15, 0.2) is 10.2 Å². The van der Waals surface area contributed by atoms with E-state index in [1.54, 1.807) is 4.57 Å². The predicted octanol–water partition coefficient (Wildman–Crippen LogP) is 3.57. The number of rotatable bonds is 3. The summed E-state index contributed by atoms with van der Waals surface area (Å²) in [5, 5.41) is 1.84. The molecule has 0 unspecified atom stereocenters. The summed E-state index contributed by atoms with van der Waals surface area (Å²) in [4.78, 5) is 27.0. The number of amides is 1. The van der Waals surface area contributed by atoms with Gasteiger partial charge < -0.3 is 4.90 Å². The Morgan fingerprint density at radius 2 is 1.83 bits per heavy atom. The largest absolute Gasteiger partial charge is 0.338 e. The average Bonchev–Trinajstić information content (AvgIpc) is 2.79. The summed E-state index contributed by atoms with van der Waals surface area (Å²) in [6.07, 6.45) is 11.2. The first-order chi connectivity index (χ1) is 11.2. The second-order valence-electron chi connectivity index (χ2n) is 7.13. The summed E-state index contributed by atoms with van der Waals surface area (Å²) >= 11 is 1.19. The van der Waals surface area contributed by atoms with Crippen LogP contribution in [0, 0.1) is 12.8 Å². The number of likely N-dealkylation sites (tertiary alicyclic amines) is 1. The summed E-state index contributed by atoms with van der Waals surface area (Å²) in [7, 11) is 0. The van der Waals surface area contributed by atoms with Crippen molar-refractivity contribution in [3.8, 4) is 0 Å². The highest BCUT2D eigenvalue weighted by molar-refractivity contribution is 7.07. The smallest absolute Gasteiger partial charge is 0.307 e. The SMILES string of the molecule is Cc1csc(=O)n1CC(=O)N1CCCCC[C@@H]1C1CCCCC1. The van der Waals surface area contributed by atoms with Crippen LogP contribution < -0.4 is 4.87 Å². The minimum Gasteiger partial charge on any atom is -0.338 e. The second kappa shape index (κ2) is 7.65. The zero-order chi connectivity index (χ0) is 16.2. The number of hydrogen-bond acceptors (Lipinski definition) is 3.